The highest BCUT2D eigenvalue weighted by Gasteiger charge is 2.14. The van der Waals surface area contributed by atoms with Crippen LogP contribution in [0.1, 0.15) is 12.5 Å². The molecule has 0 fully saturated rings. The molecule has 0 spiro atoms. The molecule has 0 unspecified atom stereocenters. The molecule has 0 aliphatic carbocycles. The number of hydrogen-bond acceptors (Lipinski definition) is 2. The number of H-pyrrole nitrogens is 1. The van der Waals surface area contributed by atoms with E-state index in [0.717, 1.165) is 28.6 Å². The quantitative estimate of drug-likeness (QED) is 0.736. The van der Waals surface area contributed by atoms with Gasteiger partial charge in [-0.05, 0) is 23.9 Å². The fraction of sp³-hybridized carbons (Fsp3) is 0.133. The van der Waals surface area contributed by atoms with Gasteiger partial charge in [-0.3, -0.25) is 5.10 Å². The lowest BCUT2D eigenvalue weighted by Crippen LogP contribution is -1.92. The van der Waals surface area contributed by atoms with Crippen LogP contribution in [-0.4, -0.2) is 10.2 Å². The zero-order valence-corrected chi connectivity index (χ0v) is 10.6. The van der Waals surface area contributed by atoms with Gasteiger partial charge in [0.1, 0.15) is 11.6 Å². The summed E-state index contributed by atoms with van der Waals surface area (Å²) in [6.45, 7) is 2.02. The Morgan fingerprint density at radius 1 is 1.16 bits per heavy atom. The molecule has 0 atom stereocenters. The van der Waals surface area contributed by atoms with Gasteiger partial charge >= 0.3 is 0 Å². The maximum Gasteiger partial charge on any atom is 0.149 e. The number of nitrogens with one attached hydrogen (secondary N) is 1. The molecule has 1 heterocycles. The fourth-order valence-corrected chi connectivity index (χ4v) is 2.44. The normalized spacial score (nSPS) is 11.1. The van der Waals surface area contributed by atoms with Gasteiger partial charge in [0.2, 0.25) is 0 Å². The van der Waals surface area contributed by atoms with Crippen LogP contribution in [0.3, 0.4) is 0 Å². The van der Waals surface area contributed by atoms with E-state index in [2.05, 4.69) is 10.2 Å². The molecule has 0 aliphatic rings. The van der Waals surface area contributed by atoms with Crippen LogP contribution in [0.2, 0.25) is 0 Å². The molecule has 3 aromatic rings. The highest BCUT2D eigenvalue weighted by Crippen LogP contribution is 2.32. The van der Waals surface area contributed by atoms with E-state index in [1.165, 1.54) is 6.07 Å². The van der Waals surface area contributed by atoms with Gasteiger partial charge in [0, 0.05) is 16.5 Å². The lowest BCUT2D eigenvalue weighted by Gasteiger charge is -2.07. The number of aromatic amines is 1. The van der Waals surface area contributed by atoms with Crippen LogP contribution in [0.5, 0.6) is 0 Å². The van der Waals surface area contributed by atoms with Gasteiger partial charge in [-0.15, -0.1) is 0 Å². The molecule has 0 bridgehead atoms. The van der Waals surface area contributed by atoms with Crippen molar-refractivity contribution < 1.29 is 4.39 Å². The number of nitrogens with zero attached hydrogens (tertiary/aromatic N) is 1. The van der Waals surface area contributed by atoms with E-state index in [0.29, 0.717) is 11.2 Å². The van der Waals surface area contributed by atoms with Gasteiger partial charge in [-0.2, -0.15) is 5.10 Å². The van der Waals surface area contributed by atoms with Crippen LogP contribution < -0.4 is 5.73 Å². The number of halogens is 1. The molecule has 19 heavy (non-hydrogen) atoms. The highest BCUT2D eigenvalue weighted by atomic mass is 19.1. The molecule has 96 valence electrons. The first-order chi connectivity index (χ1) is 9.22. The van der Waals surface area contributed by atoms with Gasteiger partial charge in [-0.1, -0.05) is 31.2 Å². The number of nitrogen functional groups attached to an aromatic ring is 1. The Morgan fingerprint density at radius 2 is 1.89 bits per heavy atom. The van der Waals surface area contributed by atoms with Crippen molar-refractivity contribution in [3.8, 4) is 11.3 Å². The first-order valence-corrected chi connectivity index (χ1v) is 6.22. The Balaban J connectivity index is 2.34. The molecular weight excluding hydrogens is 241 g/mol. The molecule has 2 aromatic carbocycles. The number of aromatic nitrogens is 2. The van der Waals surface area contributed by atoms with E-state index in [1.54, 1.807) is 12.1 Å². The van der Waals surface area contributed by atoms with Gasteiger partial charge in [0.05, 0.1) is 5.69 Å². The number of rotatable bonds is 2. The van der Waals surface area contributed by atoms with Gasteiger partial charge in [-0.25, -0.2) is 4.39 Å². The van der Waals surface area contributed by atoms with E-state index in [4.69, 9.17) is 5.73 Å². The second kappa shape index (κ2) is 4.39. The minimum Gasteiger partial charge on any atom is -0.382 e. The summed E-state index contributed by atoms with van der Waals surface area (Å²) in [7, 11) is 0. The largest absolute Gasteiger partial charge is 0.382 e. The van der Waals surface area contributed by atoms with E-state index < -0.39 is 0 Å². The van der Waals surface area contributed by atoms with Crippen molar-refractivity contribution in [2.24, 2.45) is 0 Å². The molecule has 3 N–H and O–H groups in total. The lowest BCUT2D eigenvalue weighted by atomic mass is 9.98. The predicted molar refractivity (Wildman–Crippen MR) is 75.3 cm³/mol. The van der Waals surface area contributed by atoms with E-state index in [1.807, 2.05) is 25.1 Å². The Bertz CT molecular complexity index is 746. The first kappa shape index (κ1) is 11.7. The Morgan fingerprint density at radius 3 is 2.63 bits per heavy atom. The molecule has 0 aliphatic heterocycles. The summed E-state index contributed by atoms with van der Waals surface area (Å²) in [5, 5.41) is 8.48. The second-order valence-electron chi connectivity index (χ2n) is 4.46. The summed E-state index contributed by atoms with van der Waals surface area (Å²) in [4.78, 5) is 0. The number of hydrogen-bond donors (Lipinski definition) is 2. The summed E-state index contributed by atoms with van der Waals surface area (Å²) in [5.74, 6) is 0.288. The number of nitrogens with two attached hydrogens (primary N) is 1. The third-order valence-corrected chi connectivity index (χ3v) is 3.39. The Labute approximate surface area is 110 Å². The Kier molecular flexibility index (Phi) is 2.71. The topological polar surface area (TPSA) is 54.7 Å². The molecule has 3 rings (SSSR count). The lowest BCUT2D eigenvalue weighted by molar-refractivity contribution is 0.640. The molecule has 4 heteroatoms. The average Bonchev–Trinajstić information content (AvgIpc) is 2.80. The maximum absolute atomic E-state index is 13.8. The Hall–Kier alpha value is -2.36. The van der Waals surface area contributed by atoms with Crippen molar-refractivity contribution in [1.82, 2.24) is 10.2 Å². The monoisotopic (exact) mass is 255 g/mol. The SMILES string of the molecule is CCc1c(N)n[nH]c1-c1ccc(F)c2ccccc12. The summed E-state index contributed by atoms with van der Waals surface area (Å²) in [6.07, 6.45) is 0.781. The second-order valence-corrected chi connectivity index (χ2v) is 4.46. The van der Waals surface area contributed by atoms with Crippen molar-refractivity contribution in [3.63, 3.8) is 0 Å². The average molecular weight is 255 g/mol. The summed E-state index contributed by atoms with van der Waals surface area (Å²) in [6, 6.07) is 10.7. The maximum atomic E-state index is 13.8. The molecule has 0 saturated carbocycles. The van der Waals surface area contributed by atoms with Gasteiger partial charge in [0.15, 0.2) is 0 Å². The molecular formula is C15H14FN3. The fourth-order valence-electron chi connectivity index (χ4n) is 2.44. The van der Waals surface area contributed by atoms with Crippen LogP contribution in [-0.2, 0) is 6.42 Å². The van der Waals surface area contributed by atoms with Crippen LogP contribution >= 0.6 is 0 Å². The van der Waals surface area contributed by atoms with Crippen LogP contribution in [0.25, 0.3) is 22.0 Å². The summed E-state index contributed by atoms with van der Waals surface area (Å²) < 4.78 is 13.8. The van der Waals surface area contributed by atoms with Crippen LogP contribution in [0.15, 0.2) is 36.4 Å². The van der Waals surface area contributed by atoms with Crippen molar-refractivity contribution in [3.05, 3.63) is 47.8 Å². The van der Waals surface area contributed by atoms with Gasteiger partial charge < -0.3 is 5.73 Å². The zero-order valence-electron chi connectivity index (χ0n) is 10.6. The number of benzene rings is 2. The first-order valence-electron chi connectivity index (χ1n) is 6.22. The minimum atomic E-state index is -0.218. The predicted octanol–water partition coefficient (Wildman–Crippen LogP) is 3.51. The third kappa shape index (κ3) is 1.76. The molecule has 0 saturated heterocycles. The van der Waals surface area contributed by atoms with Crippen LogP contribution in [0, 0.1) is 5.82 Å². The summed E-state index contributed by atoms with van der Waals surface area (Å²) >= 11 is 0. The van der Waals surface area contributed by atoms with E-state index >= 15 is 0 Å². The standard InChI is InChI=1S/C15H14FN3/c1-2-9-14(18-19-15(9)17)12-7-8-13(16)11-6-4-3-5-10(11)12/h3-8H,2H2,1H3,(H3,17,18,19). The smallest absolute Gasteiger partial charge is 0.149 e. The minimum absolute atomic E-state index is 0.218. The van der Waals surface area contributed by atoms with Crippen LogP contribution in [0.4, 0.5) is 10.2 Å². The molecule has 0 radical (unpaired) electrons. The molecule has 3 nitrogen and oxygen atoms in total. The summed E-state index contributed by atoms with van der Waals surface area (Å²) in [5.41, 5.74) is 8.62. The number of anilines is 1. The number of fused-ring (bicyclic) bond motifs is 1. The van der Waals surface area contributed by atoms with E-state index in [-0.39, 0.29) is 5.82 Å². The zero-order chi connectivity index (χ0) is 13.4. The van der Waals surface area contributed by atoms with E-state index in [9.17, 15) is 4.39 Å². The molecule has 0 amide bonds. The van der Waals surface area contributed by atoms with Gasteiger partial charge in [0.25, 0.3) is 0 Å². The van der Waals surface area contributed by atoms with Crippen molar-refractivity contribution in [2.45, 2.75) is 13.3 Å². The molecule has 1 aromatic heterocycles. The van der Waals surface area contributed by atoms with Crippen molar-refractivity contribution in [1.29, 1.82) is 0 Å². The van der Waals surface area contributed by atoms with Crippen molar-refractivity contribution >= 4 is 16.6 Å². The van der Waals surface area contributed by atoms with Crippen molar-refractivity contribution in [2.75, 3.05) is 5.73 Å². The highest BCUT2D eigenvalue weighted by molar-refractivity contribution is 5.97. The third-order valence-electron chi connectivity index (χ3n) is 3.39.